The van der Waals surface area contributed by atoms with E-state index in [9.17, 15) is 9.59 Å². The molecular weight excluding hydrogens is 392 g/mol. The van der Waals surface area contributed by atoms with Gasteiger partial charge in [-0.15, -0.1) is 12.4 Å². The Morgan fingerprint density at radius 2 is 1.69 bits per heavy atom. The Labute approximate surface area is 174 Å². The monoisotopic (exact) mass is 412 g/mol. The standard InChI is InChI=1S/C21H20N4O3.ClH/c22-18-5-1-2-6-19(18)25(13-15-7-9-17(10-8-15)20(23)26)21(27)28-14-16-4-3-11-24-12-16;/h1-12H,13-14,22H2,(H2,23,26);1H. The number of nitrogens with zero attached hydrogens (tertiary/aromatic N) is 2. The highest BCUT2D eigenvalue weighted by atomic mass is 35.5. The minimum Gasteiger partial charge on any atom is -0.444 e. The molecule has 2 aromatic carbocycles. The van der Waals surface area contributed by atoms with E-state index in [0.717, 1.165) is 11.1 Å². The van der Waals surface area contributed by atoms with Crippen LogP contribution in [0.25, 0.3) is 0 Å². The number of nitrogen functional groups attached to an aromatic ring is 1. The number of para-hydroxylation sites is 2. The smallest absolute Gasteiger partial charge is 0.415 e. The van der Waals surface area contributed by atoms with Gasteiger partial charge in [0.2, 0.25) is 5.91 Å². The summed E-state index contributed by atoms with van der Waals surface area (Å²) in [6, 6.07) is 17.4. The van der Waals surface area contributed by atoms with E-state index in [2.05, 4.69) is 4.98 Å². The quantitative estimate of drug-likeness (QED) is 0.601. The number of halogens is 1. The van der Waals surface area contributed by atoms with E-state index in [1.54, 1.807) is 67.0 Å². The fraction of sp³-hybridized carbons (Fsp3) is 0.0952. The number of carbonyl (C=O) groups is 2. The van der Waals surface area contributed by atoms with E-state index in [4.69, 9.17) is 16.2 Å². The summed E-state index contributed by atoms with van der Waals surface area (Å²) in [5.41, 5.74) is 14.3. The molecule has 8 heteroatoms. The number of nitrogens with two attached hydrogens (primary N) is 2. The first-order chi connectivity index (χ1) is 13.5. The summed E-state index contributed by atoms with van der Waals surface area (Å²) in [7, 11) is 0. The van der Waals surface area contributed by atoms with Crippen molar-refractivity contribution in [3.63, 3.8) is 0 Å². The number of rotatable bonds is 6. The first-order valence-electron chi connectivity index (χ1n) is 8.61. The van der Waals surface area contributed by atoms with Gasteiger partial charge in [-0.05, 0) is 35.9 Å². The zero-order valence-electron chi connectivity index (χ0n) is 15.5. The third-order valence-corrected chi connectivity index (χ3v) is 4.11. The highest BCUT2D eigenvalue weighted by Crippen LogP contribution is 2.25. The molecule has 1 heterocycles. The molecule has 0 unspecified atom stereocenters. The van der Waals surface area contributed by atoms with Crippen LogP contribution in [0.5, 0.6) is 0 Å². The lowest BCUT2D eigenvalue weighted by atomic mass is 10.1. The van der Waals surface area contributed by atoms with E-state index in [-0.39, 0.29) is 25.6 Å². The predicted octanol–water partition coefficient (Wildman–Crippen LogP) is 3.53. The molecule has 0 saturated carbocycles. The SMILES string of the molecule is Cl.NC(=O)c1ccc(CN(C(=O)OCc2cccnc2)c2ccccc2N)cc1. The van der Waals surface area contributed by atoms with Crippen molar-refractivity contribution in [1.29, 1.82) is 0 Å². The molecule has 0 atom stereocenters. The molecule has 4 N–H and O–H groups in total. The highest BCUT2D eigenvalue weighted by Gasteiger charge is 2.20. The number of hydrogen-bond donors (Lipinski definition) is 2. The van der Waals surface area contributed by atoms with E-state index < -0.39 is 12.0 Å². The van der Waals surface area contributed by atoms with Gasteiger partial charge in [0.15, 0.2) is 0 Å². The second-order valence-corrected chi connectivity index (χ2v) is 6.12. The van der Waals surface area contributed by atoms with Crippen LogP contribution in [-0.2, 0) is 17.9 Å². The molecule has 29 heavy (non-hydrogen) atoms. The molecule has 3 rings (SSSR count). The minimum absolute atomic E-state index is 0. The lowest BCUT2D eigenvalue weighted by Gasteiger charge is -2.24. The molecule has 3 aromatic rings. The maximum atomic E-state index is 12.8. The maximum Gasteiger partial charge on any atom is 0.415 e. The number of primary amides is 1. The molecule has 150 valence electrons. The number of hydrogen-bond acceptors (Lipinski definition) is 5. The van der Waals surface area contributed by atoms with Gasteiger partial charge in [-0.25, -0.2) is 4.79 Å². The molecule has 0 fully saturated rings. The van der Waals surface area contributed by atoms with Gasteiger partial charge >= 0.3 is 6.09 Å². The zero-order valence-corrected chi connectivity index (χ0v) is 16.3. The fourth-order valence-corrected chi connectivity index (χ4v) is 2.64. The average molecular weight is 413 g/mol. The molecule has 0 spiro atoms. The van der Waals surface area contributed by atoms with Gasteiger partial charge in [0.25, 0.3) is 0 Å². The number of amides is 2. The van der Waals surface area contributed by atoms with E-state index >= 15 is 0 Å². The normalized spacial score (nSPS) is 9.93. The molecule has 0 aliphatic heterocycles. The van der Waals surface area contributed by atoms with E-state index in [0.29, 0.717) is 16.9 Å². The zero-order chi connectivity index (χ0) is 19.9. The Kier molecular flexibility index (Phi) is 7.56. The second kappa shape index (κ2) is 10.1. The van der Waals surface area contributed by atoms with Gasteiger partial charge in [0.05, 0.1) is 17.9 Å². The average Bonchev–Trinajstić information content (AvgIpc) is 2.72. The molecule has 0 radical (unpaired) electrons. The van der Waals surface area contributed by atoms with Crippen molar-refractivity contribution in [3.05, 3.63) is 89.7 Å². The first kappa shape index (κ1) is 21.7. The van der Waals surface area contributed by atoms with Crippen molar-refractivity contribution in [2.75, 3.05) is 10.6 Å². The lowest BCUT2D eigenvalue weighted by molar-refractivity contribution is 0.1000. The summed E-state index contributed by atoms with van der Waals surface area (Å²) in [5.74, 6) is -0.508. The van der Waals surface area contributed by atoms with Crippen LogP contribution in [0.3, 0.4) is 0 Å². The Bertz CT molecular complexity index is 965. The third-order valence-electron chi connectivity index (χ3n) is 4.11. The largest absolute Gasteiger partial charge is 0.444 e. The molecule has 0 saturated heterocycles. The van der Waals surface area contributed by atoms with Gasteiger partial charge in [-0.2, -0.15) is 0 Å². The van der Waals surface area contributed by atoms with Crippen LogP contribution in [-0.4, -0.2) is 17.0 Å². The van der Waals surface area contributed by atoms with Crippen LogP contribution in [0.4, 0.5) is 16.2 Å². The molecule has 7 nitrogen and oxygen atoms in total. The number of benzene rings is 2. The van der Waals surface area contributed by atoms with Crippen LogP contribution in [0.1, 0.15) is 21.5 Å². The van der Waals surface area contributed by atoms with E-state index in [1.807, 2.05) is 6.07 Å². The number of carbonyl (C=O) groups excluding carboxylic acids is 2. The van der Waals surface area contributed by atoms with Crippen molar-refractivity contribution in [3.8, 4) is 0 Å². The van der Waals surface area contributed by atoms with Crippen molar-refractivity contribution in [2.45, 2.75) is 13.2 Å². The molecule has 0 aliphatic carbocycles. The lowest BCUT2D eigenvalue weighted by Crippen LogP contribution is -2.31. The summed E-state index contributed by atoms with van der Waals surface area (Å²) in [6.45, 7) is 0.315. The van der Waals surface area contributed by atoms with Crippen LogP contribution < -0.4 is 16.4 Å². The van der Waals surface area contributed by atoms with Gasteiger partial charge in [0.1, 0.15) is 6.61 Å². The summed E-state index contributed by atoms with van der Waals surface area (Å²) in [4.78, 5) is 29.5. The van der Waals surface area contributed by atoms with Crippen LogP contribution in [0.2, 0.25) is 0 Å². The fourth-order valence-electron chi connectivity index (χ4n) is 2.64. The Hall–Kier alpha value is -3.58. The van der Waals surface area contributed by atoms with Crippen molar-refractivity contribution in [1.82, 2.24) is 4.98 Å². The number of ether oxygens (including phenoxy) is 1. The molecule has 0 aliphatic rings. The van der Waals surface area contributed by atoms with Crippen molar-refractivity contribution >= 4 is 35.8 Å². The number of anilines is 2. The number of pyridine rings is 1. The molecule has 1 aromatic heterocycles. The van der Waals surface area contributed by atoms with Crippen molar-refractivity contribution in [2.24, 2.45) is 5.73 Å². The number of aromatic nitrogens is 1. The highest BCUT2D eigenvalue weighted by molar-refractivity contribution is 5.93. The van der Waals surface area contributed by atoms with Crippen LogP contribution in [0.15, 0.2) is 73.1 Å². The Morgan fingerprint density at radius 3 is 2.31 bits per heavy atom. The Morgan fingerprint density at radius 1 is 0.966 bits per heavy atom. The molecular formula is C21H21ClN4O3. The van der Waals surface area contributed by atoms with Crippen molar-refractivity contribution < 1.29 is 14.3 Å². The summed E-state index contributed by atoms with van der Waals surface area (Å²) >= 11 is 0. The third kappa shape index (κ3) is 5.70. The second-order valence-electron chi connectivity index (χ2n) is 6.12. The van der Waals surface area contributed by atoms with Crippen LogP contribution >= 0.6 is 12.4 Å². The topological polar surface area (TPSA) is 112 Å². The predicted molar refractivity (Wildman–Crippen MR) is 114 cm³/mol. The minimum atomic E-state index is -0.541. The first-order valence-corrected chi connectivity index (χ1v) is 8.61. The van der Waals surface area contributed by atoms with Crippen LogP contribution in [0, 0.1) is 0 Å². The molecule has 0 bridgehead atoms. The maximum absolute atomic E-state index is 12.8. The van der Waals surface area contributed by atoms with Gasteiger partial charge in [-0.3, -0.25) is 14.7 Å². The summed E-state index contributed by atoms with van der Waals surface area (Å²) in [5, 5.41) is 0. The van der Waals surface area contributed by atoms with E-state index in [1.165, 1.54) is 4.90 Å². The Balaban J connectivity index is 0.00000300. The van der Waals surface area contributed by atoms with Gasteiger partial charge < -0.3 is 16.2 Å². The van der Waals surface area contributed by atoms with Gasteiger partial charge in [-0.1, -0.05) is 30.3 Å². The summed E-state index contributed by atoms with van der Waals surface area (Å²) in [6.07, 6.45) is 2.75. The van der Waals surface area contributed by atoms with Gasteiger partial charge in [0, 0.05) is 23.5 Å². The summed E-state index contributed by atoms with van der Waals surface area (Å²) < 4.78 is 5.45. The molecule has 2 amide bonds.